The molecule has 0 unspecified atom stereocenters. The third-order valence-corrected chi connectivity index (χ3v) is 3.45. The molecule has 0 aliphatic heterocycles. The minimum Gasteiger partial charge on any atom is -0.441 e. The molecule has 0 aliphatic rings. The highest BCUT2D eigenvalue weighted by Gasteiger charge is 1.82. The Balaban J connectivity index is 2.45. The predicted octanol–water partition coefficient (Wildman–Crippen LogP) is -0.915. The molecule has 0 N–H and O–H groups in total. The fraction of sp³-hybridized carbons (Fsp3) is 1.00. The van der Waals surface area contributed by atoms with Crippen LogP contribution in [0, 0.1) is 0 Å². The highest BCUT2D eigenvalue weighted by molar-refractivity contribution is 6.44. The van der Waals surface area contributed by atoms with Crippen LogP contribution in [0.1, 0.15) is 0 Å². The van der Waals surface area contributed by atoms with Crippen molar-refractivity contribution in [3.8, 4) is 0 Å². The highest BCUT2D eigenvalue weighted by atomic mass is 28.4. The van der Waals surface area contributed by atoms with Crippen molar-refractivity contribution in [2.75, 3.05) is 0 Å². The second-order valence-electron chi connectivity index (χ2n) is 0.840. The molecule has 7 heavy (non-hydrogen) atoms. The molecule has 0 heterocycles. The molecule has 0 aliphatic carbocycles. The summed E-state index contributed by atoms with van der Waals surface area (Å²) >= 11 is 0. The lowest BCUT2D eigenvalue weighted by atomic mass is 11.9. The van der Waals surface area contributed by atoms with E-state index in [2.05, 4.69) is 13.1 Å². The summed E-state index contributed by atoms with van der Waals surface area (Å²) in [5.74, 6) is 0. The zero-order chi connectivity index (χ0) is 5.54. The van der Waals surface area contributed by atoms with Crippen LogP contribution in [0.2, 0.25) is 13.1 Å². The fourth-order valence-corrected chi connectivity index (χ4v) is 1.87. The van der Waals surface area contributed by atoms with Gasteiger partial charge in [0.25, 0.3) is 0 Å². The Kier molecular flexibility index (Phi) is 7.11. The molecule has 0 aromatic rings. The summed E-state index contributed by atoms with van der Waals surface area (Å²) in [6.45, 7) is 4.11. The maximum atomic E-state index is 5.04. The number of rotatable bonds is 4. The van der Waals surface area contributed by atoms with E-state index in [9.17, 15) is 0 Å². The van der Waals surface area contributed by atoms with Crippen LogP contribution in [0.15, 0.2) is 0 Å². The van der Waals surface area contributed by atoms with E-state index in [0.717, 1.165) is 0 Å². The monoisotopic (exact) mass is 149 g/mol. The predicted molar refractivity (Wildman–Crippen MR) is 35.3 cm³/mol. The van der Waals surface area contributed by atoms with Gasteiger partial charge in [0, 0.05) is 0 Å². The summed E-state index contributed by atoms with van der Waals surface area (Å²) in [4.78, 5) is 0. The van der Waals surface area contributed by atoms with Crippen LogP contribution >= 0.6 is 0 Å². The lowest BCUT2D eigenvalue weighted by molar-refractivity contribution is 0.497. The van der Waals surface area contributed by atoms with Gasteiger partial charge in [-0.15, -0.1) is 0 Å². The molecular weight excluding hydrogens is 140 g/mol. The number of hydrogen-bond acceptors (Lipinski definition) is 2. The van der Waals surface area contributed by atoms with Crippen LogP contribution in [-0.4, -0.2) is 29.5 Å². The summed E-state index contributed by atoms with van der Waals surface area (Å²) in [7, 11) is 0.308. The average molecular weight is 149 g/mol. The molecule has 0 amide bonds. The normalized spacial score (nSPS) is 9.43. The Morgan fingerprint density at radius 3 is 1.71 bits per heavy atom. The van der Waals surface area contributed by atoms with Crippen LogP contribution in [0.5, 0.6) is 0 Å². The first-order valence-electron chi connectivity index (χ1n) is 2.10. The van der Waals surface area contributed by atoms with E-state index in [1.165, 1.54) is 0 Å². The highest BCUT2D eigenvalue weighted by Crippen LogP contribution is 1.66. The third-order valence-electron chi connectivity index (χ3n) is 0.383. The maximum Gasteiger partial charge on any atom is 0.342 e. The van der Waals surface area contributed by atoms with Gasteiger partial charge in [-0.05, 0) is 13.1 Å². The summed E-state index contributed by atoms with van der Waals surface area (Å²) in [6, 6.07) is 0. The molecule has 0 saturated carbocycles. The van der Waals surface area contributed by atoms with Crippen molar-refractivity contribution in [1.29, 1.82) is 0 Å². The topological polar surface area (TPSA) is 18.5 Å². The van der Waals surface area contributed by atoms with Crippen molar-refractivity contribution in [3.05, 3.63) is 0 Å². The van der Waals surface area contributed by atoms with Crippen molar-refractivity contribution in [2.45, 2.75) is 13.1 Å². The van der Waals surface area contributed by atoms with Crippen LogP contribution in [0.25, 0.3) is 0 Å². The molecule has 3 radical (unpaired) electrons. The van der Waals surface area contributed by atoms with Crippen LogP contribution < -0.4 is 0 Å². The van der Waals surface area contributed by atoms with Gasteiger partial charge >= 0.3 is 10.0 Å². The SMILES string of the molecule is C[SiH]O[SiH]O[SiH]C. The van der Waals surface area contributed by atoms with Crippen molar-refractivity contribution in [3.63, 3.8) is 0 Å². The first-order valence-corrected chi connectivity index (χ1v) is 6.29. The first-order chi connectivity index (χ1) is 3.41. The summed E-state index contributed by atoms with van der Waals surface area (Å²) < 4.78 is 10.1. The standard InChI is InChI=1S/C2H9O2Si3/c1-5-3-7-4-6-2/h5-7H,1-2H3. The molecule has 0 bridgehead atoms. The Bertz CT molecular complexity index is 30.1. The van der Waals surface area contributed by atoms with Gasteiger partial charge in [0.15, 0.2) is 19.5 Å². The van der Waals surface area contributed by atoms with Crippen molar-refractivity contribution >= 4 is 29.5 Å². The minimum atomic E-state index is -0.104. The molecular formula is C2H9O2Si3. The van der Waals surface area contributed by atoms with Gasteiger partial charge in [0.05, 0.1) is 0 Å². The van der Waals surface area contributed by atoms with E-state index in [1.807, 2.05) is 0 Å². The second kappa shape index (κ2) is 6.57. The van der Waals surface area contributed by atoms with Crippen molar-refractivity contribution in [2.24, 2.45) is 0 Å². The smallest absolute Gasteiger partial charge is 0.342 e. The lowest BCUT2D eigenvalue weighted by Crippen LogP contribution is -2.06. The fourth-order valence-electron chi connectivity index (χ4n) is 0.143. The Morgan fingerprint density at radius 2 is 1.43 bits per heavy atom. The third kappa shape index (κ3) is 6.57. The molecule has 0 rings (SSSR count). The lowest BCUT2D eigenvalue weighted by Gasteiger charge is -1.94. The van der Waals surface area contributed by atoms with Gasteiger partial charge in [-0.1, -0.05) is 0 Å². The molecule has 0 atom stereocenters. The van der Waals surface area contributed by atoms with Crippen LogP contribution in [0.3, 0.4) is 0 Å². The van der Waals surface area contributed by atoms with Gasteiger partial charge < -0.3 is 8.23 Å². The van der Waals surface area contributed by atoms with Gasteiger partial charge in [0.1, 0.15) is 0 Å². The van der Waals surface area contributed by atoms with Gasteiger partial charge in [0.2, 0.25) is 0 Å². The molecule has 0 fully saturated rings. The zero-order valence-corrected chi connectivity index (χ0v) is 8.01. The van der Waals surface area contributed by atoms with E-state index >= 15 is 0 Å². The second-order valence-corrected chi connectivity index (χ2v) is 4.15. The van der Waals surface area contributed by atoms with E-state index in [-0.39, 0.29) is 29.5 Å². The molecule has 5 heteroatoms. The zero-order valence-electron chi connectivity index (χ0n) is 4.55. The van der Waals surface area contributed by atoms with Gasteiger partial charge in [-0.2, -0.15) is 0 Å². The Hall–Kier alpha value is 0.571. The van der Waals surface area contributed by atoms with Crippen molar-refractivity contribution in [1.82, 2.24) is 0 Å². The van der Waals surface area contributed by atoms with Gasteiger partial charge in [-0.3, -0.25) is 0 Å². The average Bonchev–Trinajstić information content (AvgIpc) is 1.69. The molecule has 41 valence electrons. The van der Waals surface area contributed by atoms with Crippen molar-refractivity contribution < 1.29 is 8.23 Å². The van der Waals surface area contributed by atoms with E-state index in [4.69, 9.17) is 8.23 Å². The Morgan fingerprint density at radius 1 is 1.00 bits per heavy atom. The summed E-state index contributed by atoms with van der Waals surface area (Å²) in [6.07, 6.45) is 0. The Labute approximate surface area is 51.5 Å². The molecule has 0 saturated heterocycles. The molecule has 2 nitrogen and oxygen atoms in total. The van der Waals surface area contributed by atoms with Gasteiger partial charge in [-0.25, -0.2) is 0 Å². The van der Waals surface area contributed by atoms with Crippen LogP contribution in [-0.2, 0) is 8.23 Å². The van der Waals surface area contributed by atoms with E-state index < -0.39 is 0 Å². The molecule has 0 aromatic heterocycles. The first kappa shape index (κ1) is 7.57. The summed E-state index contributed by atoms with van der Waals surface area (Å²) in [5.41, 5.74) is 0. The minimum absolute atomic E-state index is 0.104. The van der Waals surface area contributed by atoms with Crippen LogP contribution in [0.4, 0.5) is 0 Å². The van der Waals surface area contributed by atoms with E-state index in [1.54, 1.807) is 0 Å². The summed E-state index contributed by atoms with van der Waals surface area (Å²) in [5, 5.41) is 0. The molecule has 0 spiro atoms. The molecule has 0 aromatic carbocycles. The largest absolute Gasteiger partial charge is 0.441 e. The maximum absolute atomic E-state index is 5.04. The van der Waals surface area contributed by atoms with E-state index in [0.29, 0.717) is 0 Å². The quantitative estimate of drug-likeness (QED) is 0.380. The number of hydrogen-bond donors (Lipinski definition) is 0.